The van der Waals surface area contributed by atoms with Crippen molar-refractivity contribution >= 4 is 17.3 Å². The van der Waals surface area contributed by atoms with Crippen molar-refractivity contribution in [3.8, 4) is 23.0 Å². The molecule has 0 aliphatic heterocycles. The van der Waals surface area contributed by atoms with Gasteiger partial charge in [-0.2, -0.15) is 0 Å². The molecule has 0 atom stereocenters. The maximum Gasteiger partial charge on any atom is 0.148 e. The number of benzene rings is 3. The zero-order valence-electron chi connectivity index (χ0n) is 15.2. The van der Waals surface area contributed by atoms with Crippen molar-refractivity contribution in [3.05, 3.63) is 88.2 Å². The number of anilines is 1. The molecule has 0 spiro atoms. The van der Waals surface area contributed by atoms with Crippen LogP contribution in [0.4, 0.5) is 10.1 Å². The second-order valence-electron chi connectivity index (χ2n) is 6.48. The van der Waals surface area contributed by atoms with E-state index < -0.39 is 5.82 Å². The lowest BCUT2D eigenvalue weighted by Crippen LogP contribution is -1.92. The molecule has 0 saturated carbocycles. The van der Waals surface area contributed by atoms with Gasteiger partial charge in [0.1, 0.15) is 5.82 Å². The van der Waals surface area contributed by atoms with Gasteiger partial charge in [0, 0.05) is 11.1 Å². The molecule has 3 aromatic rings. The van der Waals surface area contributed by atoms with E-state index in [0.717, 1.165) is 17.5 Å². The highest BCUT2D eigenvalue weighted by Crippen LogP contribution is 2.24. The van der Waals surface area contributed by atoms with Gasteiger partial charge in [-0.25, -0.2) is 4.39 Å². The number of unbranched alkanes of at least 4 members (excludes halogenated alkanes) is 1. The molecule has 27 heavy (non-hydrogen) atoms. The highest BCUT2D eigenvalue weighted by Gasteiger charge is 2.04. The summed E-state index contributed by atoms with van der Waals surface area (Å²) in [7, 11) is 0. The standard InChI is InChI=1S/C24H21ClFN/c1-2-3-4-17-7-11-20(12-8-17)21-13-9-18(10-14-21)5-6-19-15-22(25)24(27)23(26)16-19/h7-16H,2-4,27H2,1H3. The first kappa shape index (κ1) is 19.0. The number of nitrogens with two attached hydrogens (primary N) is 1. The molecule has 3 aromatic carbocycles. The summed E-state index contributed by atoms with van der Waals surface area (Å²) < 4.78 is 13.6. The molecule has 0 fully saturated rings. The highest BCUT2D eigenvalue weighted by molar-refractivity contribution is 6.33. The Kier molecular flexibility index (Phi) is 6.16. The third-order valence-corrected chi connectivity index (χ3v) is 4.73. The van der Waals surface area contributed by atoms with E-state index in [9.17, 15) is 4.39 Å². The average molecular weight is 378 g/mol. The van der Waals surface area contributed by atoms with E-state index in [1.807, 2.05) is 24.3 Å². The summed E-state index contributed by atoms with van der Waals surface area (Å²) >= 11 is 5.90. The molecule has 0 aromatic heterocycles. The maximum absolute atomic E-state index is 13.6. The smallest absolute Gasteiger partial charge is 0.148 e. The fraction of sp³-hybridized carbons (Fsp3) is 0.167. The molecule has 3 rings (SSSR count). The fourth-order valence-electron chi connectivity index (χ4n) is 2.79. The molecule has 0 heterocycles. The molecule has 1 nitrogen and oxygen atoms in total. The Hall–Kier alpha value is -2.76. The minimum Gasteiger partial charge on any atom is -0.395 e. The zero-order valence-corrected chi connectivity index (χ0v) is 16.0. The minimum atomic E-state index is -0.551. The predicted molar refractivity (Wildman–Crippen MR) is 112 cm³/mol. The second kappa shape index (κ2) is 8.75. The third-order valence-electron chi connectivity index (χ3n) is 4.42. The Morgan fingerprint density at radius 2 is 1.48 bits per heavy atom. The molecular weight excluding hydrogens is 357 g/mol. The van der Waals surface area contributed by atoms with Gasteiger partial charge in [0.2, 0.25) is 0 Å². The van der Waals surface area contributed by atoms with Crippen LogP contribution in [-0.2, 0) is 6.42 Å². The lowest BCUT2D eigenvalue weighted by molar-refractivity contribution is 0.632. The van der Waals surface area contributed by atoms with E-state index in [1.165, 1.54) is 30.0 Å². The zero-order chi connectivity index (χ0) is 19.2. The summed E-state index contributed by atoms with van der Waals surface area (Å²) in [6, 6.07) is 19.6. The van der Waals surface area contributed by atoms with Gasteiger partial charge >= 0.3 is 0 Å². The van der Waals surface area contributed by atoms with E-state index in [-0.39, 0.29) is 10.7 Å². The monoisotopic (exact) mass is 377 g/mol. The van der Waals surface area contributed by atoms with Crippen LogP contribution in [-0.4, -0.2) is 0 Å². The first-order valence-electron chi connectivity index (χ1n) is 9.02. The number of halogens is 2. The molecule has 3 heteroatoms. The van der Waals surface area contributed by atoms with Crippen LogP contribution in [0.3, 0.4) is 0 Å². The number of nitrogen functional groups attached to an aromatic ring is 1. The number of hydrogen-bond donors (Lipinski definition) is 1. The van der Waals surface area contributed by atoms with Crippen LogP contribution in [0.1, 0.15) is 36.5 Å². The first-order valence-corrected chi connectivity index (χ1v) is 9.40. The summed E-state index contributed by atoms with van der Waals surface area (Å²) in [6.45, 7) is 2.21. The van der Waals surface area contributed by atoms with Gasteiger partial charge in [-0.05, 0) is 53.8 Å². The largest absolute Gasteiger partial charge is 0.395 e. The Morgan fingerprint density at radius 3 is 2.07 bits per heavy atom. The minimum absolute atomic E-state index is 0.0488. The van der Waals surface area contributed by atoms with Crippen molar-refractivity contribution in [2.75, 3.05) is 5.73 Å². The third kappa shape index (κ3) is 4.90. The number of hydrogen-bond acceptors (Lipinski definition) is 1. The molecule has 0 saturated heterocycles. The molecule has 0 unspecified atom stereocenters. The lowest BCUT2D eigenvalue weighted by Gasteiger charge is -2.04. The summed E-state index contributed by atoms with van der Waals surface area (Å²) in [6.07, 6.45) is 3.55. The molecule has 0 bridgehead atoms. The number of aryl methyl sites for hydroxylation is 1. The van der Waals surface area contributed by atoms with Crippen molar-refractivity contribution in [1.82, 2.24) is 0 Å². The van der Waals surface area contributed by atoms with Gasteiger partial charge in [0.05, 0.1) is 10.7 Å². The van der Waals surface area contributed by atoms with Crippen molar-refractivity contribution in [3.63, 3.8) is 0 Å². The molecule has 0 aliphatic carbocycles. The van der Waals surface area contributed by atoms with Gasteiger partial charge < -0.3 is 5.73 Å². The van der Waals surface area contributed by atoms with Gasteiger partial charge in [0.25, 0.3) is 0 Å². The Morgan fingerprint density at radius 1 is 0.889 bits per heavy atom. The van der Waals surface area contributed by atoms with Crippen molar-refractivity contribution in [2.45, 2.75) is 26.2 Å². The molecule has 0 aliphatic rings. The van der Waals surface area contributed by atoms with E-state index in [1.54, 1.807) is 6.07 Å². The Bertz CT molecular complexity index is 957. The van der Waals surface area contributed by atoms with Crippen LogP contribution in [0.15, 0.2) is 60.7 Å². The van der Waals surface area contributed by atoms with Crippen LogP contribution in [0.5, 0.6) is 0 Å². The summed E-state index contributed by atoms with van der Waals surface area (Å²) in [5, 5.41) is 0.178. The Balaban J connectivity index is 1.74. The second-order valence-corrected chi connectivity index (χ2v) is 6.89. The molecule has 136 valence electrons. The van der Waals surface area contributed by atoms with Gasteiger partial charge in [-0.15, -0.1) is 0 Å². The lowest BCUT2D eigenvalue weighted by atomic mass is 10.0. The van der Waals surface area contributed by atoms with E-state index in [4.69, 9.17) is 17.3 Å². The van der Waals surface area contributed by atoms with Gasteiger partial charge in [-0.1, -0.05) is 73.2 Å². The van der Waals surface area contributed by atoms with E-state index in [2.05, 4.69) is 43.0 Å². The fourth-order valence-corrected chi connectivity index (χ4v) is 3.00. The SMILES string of the molecule is CCCCc1ccc(-c2ccc(C#Cc3cc(F)c(N)c(Cl)c3)cc2)cc1. The normalized spacial score (nSPS) is 10.3. The van der Waals surface area contributed by atoms with Gasteiger partial charge in [0.15, 0.2) is 0 Å². The first-order chi connectivity index (χ1) is 13.1. The van der Waals surface area contributed by atoms with Crippen molar-refractivity contribution in [2.24, 2.45) is 0 Å². The molecule has 0 amide bonds. The topological polar surface area (TPSA) is 26.0 Å². The molecule has 0 radical (unpaired) electrons. The quantitative estimate of drug-likeness (QED) is 0.409. The highest BCUT2D eigenvalue weighted by atomic mass is 35.5. The number of rotatable bonds is 4. The van der Waals surface area contributed by atoms with Crippen LogP contribution in [0.25, 0.3) is 11.1 Å². The Labute approximate surface area is 165 Å². The molecular formula is C24H21ClFN. The summed E-state index contributed by atoms with van der Waals surface area (Å²) in [5.41, 5.74) is 10.5. The average Bonchev–Trinajstić information content (AvgIpc) is 2.69. The van der Waals surface area contributed by atoms with E-state index in [0.29, 0.717) is 5.56 Å². The molecule has 2 N–H and O–H groups in total. The van der Waals surface area contributed by atoms with Crippen molar-refractivity contribution in [1.29, 1.82) is 0 Å². The van der Waals surface area contributed by atoms with E-state index >= 15 is 0 Å². The summed E-state index contributed by atoms with van der Waals surface area (Å²) in [4.78, 5) is 0. The summed E-state index contributed by atoms with van der Waals surface area (Å²) in [5.74, 6) is 5.40. The predicted octanol–water partition coefficient (Wildman–Crippen LogP) is 6.47. The van der Waals surface area contributed by atoms with Crippen molar-refractivity contribution < 1.29 is 4.39 Å². The van der Waals surface area contributed by atoms with Gasteiger partial charge in [-0.3, -0.25) is 0 Å². The van der Waals surface area contributed by atoms with Crippen LogP contribution in [0, 0.1) is 17.7 Å². The van der Waals surface area contributed by atoms with Crippen LogP contribution in [0.2, 0.25) is 5.02 Å². The van der Waals surface area contributed by atoms with Crippen LogP contribution >= 0.6 is 11.6 Å². The van der Waals surface area contributed by atoms with Crippen LogP contribution < -0.4 is 5.73 Å². The maximum atomic E-state index is 13.6.